The number of carbonyl (C=O) groups is 3. The number of ether oxygens (including phenoxy) is 4. The van der Waals surface area contributed by atoms with Gasteiger partial charge in [0.05, 0.1) is 25.7 Å². The molecule has 0 aliphatic carbocycles. The molecule has 1 fully saturated rings. The van der Waals surface area contributed by atoms with E-state index in [0.717, 1.165) is 22.2 Å². The minimum atomic E-state index is -0.530. The molecule has 3 rings (SSSR count). The molecule has 10 heteroatoms. The van der Waals surface area contributed by atoms with E-state index in [9.17, 15) is 14.4 Å². The van der Waals surface area contributed by atoms with Gasteiger partial charge in [-0.3, -0.25) is 14.5 Å². The smallest absolute Gasteiger partial charge is 0.343 e. The van der Waals surface area contributed by atoms with E-state index < -0.39 is 11.9 Å². The van der Waals surface area contributed by atoms with Crippen LogP contribution in [0.1, 0.15) is 11.1 Å². The van der Waals surface area contributed by atoms with Gasteiger partial charge < -0.3 is 18.9 Å². The quantitative estimate of drug-likeness (QED) is 0.344. The summed E-state index contributed by atoms with van der Waals surface area (Å²) in [6, 6.07) is 10.8. The fraction of sp³-hybridized carbons (Fsp3) is 0.261. The van der Waals surface area contributed by atoms with Crippen LogP contribution in [0.5, 0.6) is 17.2 Å². The minimum absolute atomic E-state index is 0.140. The Bertz CT molecular complexity index is 1080. The number of hydrogen-bond acceptors (Lipinski definition) is 8. The van der Waals surface area contributed by atoms with Crippen molar-refractivity contribution in [3.8, 4) is 17.2 Å². The minimum Gasteiger partial charge on any atom is -0.493 e. The van der Waals surface area contributed by atoms with Gasteiger partial charge in [0, 0.05) is 4.47 Å². The number of methoxy groups -OCH3 is 2. The number of hydrogen-bond donors (Lipinski definition) is 0. The molecule has 1 heterocycles. The van der Waals surface area contributed by atoms with Crippen LogP contribution in [0.2, 0.25) is 0 Å². The molecule has 2 aromatic rings. The highest BCUT2D eigenvalue weighted by atomic mass is 79.9. The molecule has 0 N–H and O–H groups in total. The van der Waals surface area contributed by atoms with Gasteiger partial charge in [0.1, 0.15) is 12.4 Å². The maximum Gasteiger partial charge on any atom is 0.343 e. The van der Waals surface area contributed by atoms with E-state index in [-0.39, 0.29) is 29.9 Å². The number of halogens is 1. The van der Waals surface area contributed by atoms with Crippen LogP contribution in [-0.2, 0) is 14.3 Å². The molecular formula is C23H22BrNO7S. The molecule has 2 aromatic carbocycles. The van der Waals surface area contributed by atoms with Crippen LogP contribution in [0, 0.1) is 6.92 Å². The third kappa shape index (κ3) is 6.29. The summed E-state index contributed by atoms with van der Waals surface area (Å²) in [5, 5.41) is -0.361. The number of nitrogens with zero attached hydrogens (tertiary/aromatic N) is 1. The second kappa shape index (κ2) is 11.2. The number of esters is 1. The summed E-state index contributed by atoms with van der Waals surface area (Å²) in [4.78, 5) is 37.9. The molecule has 0 radical (unpaired) electrons. The Hall–Kier alpha value is -2.98. The molecule has 33 heavy (non-hydrogen) atoms. The number of aryl methyl sites for hydroxylation is 1. The van der Waals surface area contributed by atoms with Gasteiger partial charge in [0.25, 0.3) is 11.1 Å². The highest BCUT2D eigenvalue weighted by Crippen LogP contribution is 2.38. The van der Waals surface area contributed by atoms with Crippen molar-refractivity contribution in [1.29, 1.82) is 0 Å². The van der Waals surface area contributed by atoms with Crippen molar-refractivity contribution in [1.82, 2.24) is 4.90 Å². The Balaban J connectivity index is 1.69. The van der Waals surface area contributed by atoms with Crippen molar-refractivity contribution in [3.63, 3.8) is 0 Å². The van der Waals surface area contributed by atoms with Crippen LogP contribution in [0.15, 0.2) is 45.8 Å². The number of benzene rings is 2. The topological polar surface area (TPSA) is 91.4 Å². The summed E-state index contributed by atoms with van der Waals surface area (Å²) in [5.41, 5.74) is 1.72. The fourth-order valence-corrected chi connectivity index (χ4v) is 4.15. The number of rotatable bonds is 9. The van der Waals surface area contributed by atoms with Gasteiger partial charge >= 0.3 is 5.97 Å². The lowest BCUT2D eigenvalue weighted by Crippen LogP contribution is -2.32. The predicted octanol–water partition coefficient (Wildman–Crippen LogP) is 4.43. The number of amides is 2. The molecule has 174 valence electrons. The van der Waals surface area contributed by atoms with E-state index in [2.05, 4.69) is 20.7 Å². The SMILES string of the molecule is COC(=O)COc1cc(Br)c(/C=C2\SC(=O)N(CCOc3ccc(C)cc3)C2=O)cc1OC. The van der Waals surface area contributed by atoms with E-state index in [1.165, 1.54) is 14.2 Å². The first kappa shape index (κ1) is 24.7. The summed E-state index contributed by atoms with van der Waals surface area (Å²) in [6.07, 6.45) is 1.60. The van der Waals surface area contributed by atoms with Crippen molar-refractivity contribution in [2.45, 2.75) is 6.92 Å². The highest BCUT2D eigenvalue weighted by molar-refractivity contribution is 9.10. The van der Waals surface area contributed by atoms with E-state index in [0.29, 0.717) is 27.3 Å². The average Bonchev–Trinajstić information content (AvgIpc) is 3.07. The van der Waals surface area contributed by atoms with E-state index in [4.69, 9.17) is 14.2 Å². The first-order chi connectivity index (χ1) is 15.8. The fourth-order valence-electron chi connectivity index (χ4n) is 2.85. The maximum absolute atomic E-state index is 12.8. The molecule has 1 aliphatic heterocycles. The molecule has 0 aromatic heterocycles. The summed E-state index contributed by atoms with van der Waals surface area (Å²) in [5.74, 6) is 0.438. The van der Waals surface area contributed by atoms with Crippen molar-refractivity contribution in [2.75, 3.05) is 34.0 Å². The lowest BCUT2D eigenvalue weighted by Gasteiger charge is -2.13. The zero-order valence-corrected chi connectivity index (χ0v) is 20.7. The molecule has 1 saturated heterocycles. The predicted molar refractivity (Wildman–Crippen MR) is 128 cm³/mol. The second-order valence-electron chi connectivity index (χ2n) is 6.88. The maximum atomic E-state index is 12.8. The molecule has 1 aliphatic rings. The van der Waals surface area contributed by atoms with Gasteiger partial charge in [-0.2, -0.15) is 0 Å². The zero-order chi connectivity index (χ0) is 24.0. The summed E-state index contributed by atoms with van der Waals surface area (Å²) in [6.45, 7) is 2.04. The number of imide groups is 1. The zero-order valence-electron chi connectivity index (χ0n) is 18.3. The van der Waals surface area contributed by atoms with Gasteiger partial charge in [-0.25, -0.2) is 4.79 Å². The van der Waals surface area contributed by atoms with Gasteiger partial charge in [0.2, 0.25) is 0 Å². The van der Waals surface area contributed by atoms with E-state index in [1.54, 1.807) is 18.2 Å². The van der Waals surface area contributed by atoms with Crippen LogP contribution >= 0.6 is 27.7 Å². The van der Waals surface area contributed by atoms with Crippen molar-refractivity contribution < 1.29 is 33.3 Å². The van der Waals surface area contributed by atoms with Gasteiger partial charge in [0.15, 0.2) is 18.1 Å². The highest BCUT2D eigenvalue weighted by Gasteiger charge is 2.35. The monoisotopic (exact) mass is 535 g/mol. The van der Waals surface area contributed by atoms with Gasteiger partial charge in [-0.1, -0.05) is 33.6 Å². The Morgan fingerprint density at radius 3 is 2.48 bits per heavy atom. The van der Waals surface area contributed by atoms with Crippen LogP contribution in [0.3, 0.4) is 0 Å². The van der Waals surface area contributed by atoms with Crippen LogP contribution in [0.25, 0.3) is 6.08 Å². The molecule has 0 spiro atoms. The van der Waals surface area contributed by atoms with Crippen LogP contribution in [-0.4, -0.2) is 56.0 Å². The Labute approximate surface area is 203 Å². The molecular weight excluding hydrogens is 514 g/mol. The normalized spacial score (nSPS) is 14.5. The summed E-state index contributed by atoms with van der Waals surface area (Å²) >= 11 is 4.29. The average molecular weight is 536 g/mol. The molecule has 0 atom stereocenters. The molecule has 0 unspecified atom stereocenters. The van der Waals surface area contributed by atoms with Gasteiger partial charge in [-0.15, -0.1) is 0 Å². The molecule has 0 bridgehead atoms. The lowest BCUT2D eigenvalue weighted by molar-refractivity contribution is -0.142. The molecule has 8 nitrogen and oxygen atoms in total. The summed E-state index contributed by atoms with van der Waals surface area (Å²) in [7, 11) is 2.73. The Morgan fingerprint density at radius 1 is 1.09 bits per heavy atom. The third-order valence-corrected chi connectivity index (χ3v) is 6.22. The van der Waals surface area contributed by atoms with Crippen molar-refractivity contribution in [2.24, 2.45) is 0 Å². The standard InChI is InChI=1S/C23H22BrNO7S/c1-14-4-6-16(7-5-14)31-9-8-25-22(27)20(33-23(25)28)11-15-10-18(29-2)19(12-17(15)24)32-13-21(26)30-3/h4-7,10-12H,8-9,13H2,1-3H3/b20-11-. The van der Waals surface area contributed by atoms with E-state index in [1.807, 2.05) is 31.2 Å². The molecule has 0 saturated carbocycles. The molecule has 2 amide bonds. The van der Waals surface area contributed by atoms with E-state index >= 15 is 0 Å². The summed E-state index contributed by atoms with van der Waals surface area (Å²) < 4.78 is 21.6. The first-order valence-electron chi connectivity index (χ1n) is 9.84. The number of carbonyl (C=O) groups excluding carboxylic acids is 3. The third-order valence-electron chi connectivity index (χ3n) is 4.62. The van der Waals surface area contributed by atoms with Crippen molar-refractivity contribution in [3.05, 3.63) is 56.9 Å². The lowest BCUT2D eigenvalue weighted by atomic mass is 10.2. The second-order valence-corrected chi connectivity index (χ2v) is 8.73. The van der Waals surface area contributed by atoms with Crippen LogP contribution in [0.4, 0.5) is 4.79 Å². The Morgan fingerprint density at radius 2 is 1.82 bits per heavy atom. The number of thioether (sulfide) groups is 1. The van der Waals surface area contributed by atoms with Crippen molar-refractivity contribution >= 4 is 50.9 Å². The largest absolute Gasteiger partial charge is 0.493 e. The van der Waals surface area contributed by atoms with Crippen LogP contribution < -0.4 is 14.2 Å². The van der Waals surface area contributed by atoms with Gasteiger partial charge in [-0.05, 0) is 54.6 Å². The Kier molecular flexibility index (Phi) is 8.40. The first-order valence-corrected chi connectivity index (χ1v) is 11.4.